The van der Waals surface area contributed by atoms with Crippen LogP contribution >= 0.6 is 0 Å². The summed E-state index contributed by atoms with van der Waals surface area (Å²) >= 11 is 0. The number of aromatic hydroxyl groups is 1. The molecule has 114 valence electrons. The van der Waals surface area contributed by atoms with Crippen molar-refractivity contribution in [3.05, 3.63) is 72.8 Å². The van der Waals surface area contributed by atoms with E-state index in [1.54, 1.807) is 6.07 Å². The van der Waals surface area contributed by atoms with Gasteiger partial charge in [-0.25, -0.2) is 4.98 Å². The van der Waals surface area contributed by atoms with Gasteiger partial charge < -0.3 is 9.52 Å². The molecule has 0 bridgehead atoms. The summed E-state index contributed by atoms with van der Waals surface area (Å²) in [5.41, 5.74) is 2.14. The van der Waals surface area contributed by atoms with Crippen LogP contribution in [-0.2, 0) is 0 Å². The molecule has 1 aromatic heterocycles. The maximum Gasteiger partial charge on any atom is 0.231 e. The van der Waals surface area contributed by atoms with Crippen LogP contribution in [0.25, 0.3) is 44.1 Å². The minimum atomic E-state index is 0.171. The zero-order valence-electron chi connectivity index (χ0n) is 12.7. The zero-order valence-corrected chi connectivity index (χ0v) is 12.7. The molecule has 0 spiro atoms. The van der Waals surface area contributed by atoms with E-state index < -0.39 is 0 Å². The number of phenols is 1. The third-order valence-corrected chi connectivity index (χ3v) is 4.38. The van der Waals surface area contributed by atoms with Gasteiger partial charge in [-0.2, -0.15) is 0 Å². The first kappa shape index (κ1) is 13.1. The fourth-order valence-electron chi connectivity index (χ4n) is 3.20. The predicted octanol–water partition coefficient (Wildman–Crippen LogP) is 5.51. The molecule has 0 fully saturated rings. The fraction of sp³-hybridized carbons (Fsp3) is 0. The van der Waals surface area contributed by atoms with Gasteiger partial charge in [0.2, 0.25) is 5.89 Å². The Labute approximate surface area is 137 Å². The molecule has 5 rings (SSSR count). The van der Waals surface area contributed by atoms with Crippen molar-refractivity contribution in [2.24, 2.45) is 0 Å². The van der Waals surface area contributed by atoms with E-state index >= 15 is 0 Å². The van der Waals surface area contributed by atoms with E-state index in [-0.39, 0.29) is 5.75 Å². The smallest absolute Gasteiger partial charge is 0.231 e. The van der Waals surface area contributed by atoms with Crippen LogP contribution in [0.15, 0.2) is 77.2 Å². The van der Waals surface area contributed by atoms with E-state index in [4.69, 9.17) is 4.42 Å². The lowest BCUT2D eigenvalue weighted by Crippen LogP contribution is -1.82. The molecule has 1 N–H and O–H groups in total. The summed E-state index contributed by atoms with van der Waals surface area (Å²) < 4.78 is 5.98. The van der Waals surface area contributed by atoms with Crippen molar-refractivity contribution in [3.8, 4) is 17.2 Å². The standard InChI is InChI=1S/C21H13NO2/c23-18-10-9-13-5-3-4-8-16(13)20(18)21-22-17-11-14-6-1-2-7-15(14)12-19(17)24-21/h1-12,23H. The van der Waals surface area contributed by atoms with Crippen LogP contribution in [0, 0.1) is 0 Å². The molecule has 0 aliphatic rings. The first-order chi connectivity index (χ1) is 11.8. The average molecular weight is 311 g/mol. The number of aromatic nitrogens is 1. The Morgan fingerprint density at radius 3 is 2.29 bits per heavy atom. The van der Waals surface area contributed by atoms with Gasteiger partial charge in [-0.05, 0) is 39.7 Å². The van der Waals surface area contributed by atoms with Gasteiger partial charge >= 0.3 is 0 Å². The van der Waals surface area contributed by atoms with Gasteiger partial charge in [-0.3, -0.25) is 0 Å². The zero-order chi connectivity index (χ0) is 16.1. The number of hydrogen-bond donors (Lipinski definition) is 1. The van der Waals surface area contributed by atoms with Crippen molar-refractivity contribution in [3.63, 3.8) is 0 Å². The Kier molecular flexibility index (Phi) is 2.65. The minimum absolute atomic E-state index is 0.171. The van der Waals surface area contributed by atoms with E-state index in [1.807, 2.05) is 60.7 Å². The fourth-order valence-corrected chi connectivity index (χ4v) is 3.20. The van der Waals surface area contributed by atoms with Gasteiger partial charge in [0.05, 0.1) is 5.56 Å². The summed E-state index contributed by atoms with van der Waals surface area (Å²) in [6, 6.07) is 23.6. The van der Waals surface area contributed by atoms with Crippen LogP contribution in [0.2, 0.25) is 0 Å². The second kappa shape index (κ2) is 4.83. The SMILES string of the molecule is Oc1ccc2ccccc2c1-c1nc2cc3ccccc3cc2o1. The molecule has 0 unspecified atom stereocenters. The number of oxazole rings is 1. The molecule has 1 heterocycles. The number of rotatable bonds is 1. The van der Waals surface area contributed by atoms with Crippen LogP contribution in [0.1, 0.15) is 0 Å². The Morgan fingerprint density at radius 1 is 0.750 bits per heavy atom. The highest BCUT2D eigenvalue weighted by atomic mass is 16.3. The van der Waals surface area contributed by atoms with E-state index in [9.17, 15) is 5.11 Å². The highest BCUT2D eigenvalue weighted by Gasteiger charge is 2.16. The molecule has 0 radical (unpaired) electrons. The summed E-state index contributed by atoms with van der Waals surface area (Å²) in [6.07, 6.45) is 0. The van der Waals surface area contributed by atoms with Crippen molar-refractivity contribution >= 4 is 32.6 Å². The molecule has 0 amide bonds. The summed E-state index contributed by atoms with van der Waals surface area (Å²) in [4.78, 5) is 4.62. The van der Waals surface area contributed by atoms with Crippen LogP contribution in [0.5, 0.6) is 5.75 Å². The number of fused-ring (bicyclic) bond motifs is 3. The van der Waals surface area contributed by atoms with Crippen molar-refractivity contribution in [1.29, 1.82) is 0 Å². The molecule has 3 nitrogen and oxygen atoms in total. The summed E-state index contributed by atoms with van der Waals surface area (Å²) in [6.45, 7) is 0. The monoisotopic (exact) mass is 311 g/mol. The molecule has 0 saturated heterocycles. The van der Waals surface area contributed by atoms with Crippen LogP contribution in [0.3, 0.4) is 0 Å². The Balaban J connectivity index is 1.83. The molecule has 4 aromatic carbocycles. The lowest BCUT2D eigenvalue weighted by atomic mass is 10.0. The van der Waals surface area contributed by atoms with Gasteiger partial charge in [-0.1, -0.05) is 54.6 Å². The molecule has 3 heteroatoms. The van der Waals surface area contributed by atoms with E-state index in [0.29, 0.717) is 11.5 Å². The maximum atomic E-state index is 10.4. The summed E-state index contributed by atoms with van der Waals surface area (Å²) in [7, 11) is 0. The van der Waals surface area contributed by atoms with E-state index in [0.717, 1.165) is 32.6 Å². The molecular weight excluding hydrogens is 298 g/mol. The van der Waals surface area contributed by atoms with Crippen molar-refractivity contribution in [2.45, 2.75) is 0 Å². The number of phenolic OH excluding ortho intramolecular Hbond substituents is 1. The largest absolute Gasteiger partial charge is 0.507 e. The predicted molar refractivity (Wildman–Crippen MR) is 96.1 cm³/mol. The Morgan fingerprint density at radius 2 is 1.46 bits per heavy atom. The molecule has 5 aromatic rings. The molecule has 0 aliphatic heterocycles. The van der Waals surface area contributed by atoms with E-state index in [1.165, 1.54) is 0 Å². The lowest BCUT2D eigenvalue weighted by Gasteiger charge is -2.05. The number of benzene rings is 4. The molecule has 0 saturated carbocycles. The topological polar surface area (TPSA) is 46.3 Å². The van der Waals surface area contributed by atoms with Crippen LogP contribution in [0.4, 0.5) is 0 Å². The van der Waals surface area contributed by atoms with E-state index in [2.05, 4.69) is 11.1 Å². The van der Waals surface area contributed by atoms with Crippen LogP contribution in [-0.4, -0.2) is 10.1 Å². The number of nitrogens with zero attached hydrogens (tertiary/aromatic N) is 1. The van der Waals surface area contributed by atoms with Gasteiger partial charge in [0.1, 0.15) is 11.3 Å². The highest BCUT2D eigenvalue weighted by molar-refractivity contribution is 6.00. The van der Waals surface area contributed by atoms with Crippen LogP contribution < -0.4 is 0 Å². The first-order valence-corrected chi connectivity index (χ1v) is 7.80. The second-order valence-corrected chi connectivity index (χ2v) is 5.87. The Bertz CT molecular complexity index is 1170. The second-order valence-electron chi connectivity index (χ2n) is 5.87. The average Bonchev–Trinajstić information content (AvgIpc) is 3.01. The molecule has 24 heavy (non-hydrogen) atoms. The van der Waals surface area contributed by atoms with Gasteiger partial charge in [-0.15, -0.1) is 0 Å². The summed E-state index contributed by atoms with van der Waals surface area (Å²) in [5, 5.41) is 14.6. The molecule has 0 aliphatic carbocycles. The molecular formula is C21H13NO2. The first-order valence-electron chi connectivity index (χ1n) is 7.80. The third kappa shape index (κ3) is 1.88. The van der Waals surface area contributed by atoms with Gasteiger partial charge in [0.15, 0.2) is 5.58 Å². The normalized spacial score (nSPS) is 11.5. The highest BCUT2D eigenvalue weighted by Crippen LogP contribution is 2.37. The minimum Gasteiger partial charge on any atom is -0.507 e. The third-order valence-electron chi connectivity index (χ3n) is 4.38. The maximum absolute atomic E-state index is 10.4. The summed E-state index contributed by atoms with van der Waals surface area (Å²) in [5.74, 6) is 0.611. The van der Waals surface area contributed by atoms with Crippen molar-refractivity contribution in [1.82, 2.24) is 4.98 Å². The molecule has 0 atom stereocenters. The lowest BCUT2D eigenvalue weighted by molar-refractivity contribution is 0.475. The van der Waals surface area contributed by atoms with Crippen molar-refractivity contribution in [2.75, 3.05) is 0 Å². The Hall–Kier alpha value is -3.33. The quantitative estimate of drug-likeness (QED) is 0.444. The number of hydrogen-bond acceptors (Lipinski definition) is 3. The van der Waals surface area contributed by atoms with Gasteiger partial charge in [0, 0.05) is 0 Å². The van der Waals surface area contributed by atoms with Gasteiger partial charge in [0.25, 0.3) is 0 Å². The van der Waals surface area contributed by atoms with Crippen molar-refractivity contribution < 1.29 is 9.52 Å².